The molecule has 3 aliphatic rings. The van der Waals surface area contributed by atoms with Gasteiger partial charge >= 0.3 is 29.6 Å². The first-order chi connectivity index (χ1) is 25.3. The molecule has 2 atom stereocenters. The van der Waals surface area contributed by atoms with Crippen molar-refractivity contribution in [3.8, 4) is 22.9 Å². The van der Waals surface area contributed by atoms with Crippen LogP contribution < -0.4 is 50.8 Å². The van der Waals surface area contributed by atoms with Gasteiger partial charge in [-0.3, -0.25) is 24.8 Å². The summed E-state index contributed by atoms with van der Waals surface area (Å²) < 4.78 is 6.14. The molecular weight excluding hydrogens is 779 g/mol. The average Bonchev–Trinajstić information content (AvgIpc) is 3.96. The summed E-state index contributed by atoms with van der Waals surface area (Å²) in [6, 6.07) is 1.76. The number of carbonyl (C=O) groups excluding carboxylic acids is 3. The van der Waals surface area contributed by atoms with Gasteiger partial charge in [0, 0.05) is 35.1 Å². The Kier molecular flexibility index (Phi) is 11.3. The zero-order chi connectivity index (χ0) is 37.7. The molecule has 2 fully saturated rings. The van der Waals surface area contributed by atoms with Crippen LogP contribution in [0.15, 0.2) is 32.8 Å². The number of carboxylic acid groups (broad SMARTS) is 1. The van der Waals surface area contributed by atoms with Gasteiger partial charge < -0.3 is 50.1 Å². The Morgan fingerprint density at radius 1 is 1.26 bits per heavy atom. The molecule has 54 heavy (non-hydrogen) atoms. The molecule has 278 valence electrons. The predicted octanol–water partition coefficient (Wildman–Crippen LogP) is -3.14. The Bertz CT molecular complexity index is 2150. The number of tetrazole rings is 1. The molecule has 7 rings (SSSR count). The molecule has 24 heteroatoms. The third-order valence-corrected chi connectivity index (χ3v) is 11.4. The molecule has 0 unspecified atom stereocenters. The zero-order valence-electron chi connectivity index (χ0n) is 28.9. The number of nitrogens with one attached hydrogen (secondary N) is 1. The van der Waals surface area contributed by atoms with E-state index in [1.807, 2.05) is 0 Å². The molecule has 0 aliphatic carbocycles. The van der Waals surface area contributed by atoms with Gasteiger partial charge in [0.2, 0.25) is 5.82 Å². The standard InChI is InChI=1S/C30H31ClN12O8S2.Na/c1-30(2,28(48)49)51-38-19(15-12-53-29(32)33-15)25(46)35-20-26(47)42-21(24-36-40-41-37-24)13(11-52-27(20)42)9-43(7-3-4-8-43)10-17-34-23(39-50-17)14-5-6-16(44)22(45)18(14)31;/h5-6,12,20,27H,3-4,7-11H2,1-2H3,(H6-,32,33,35,36,37,38,39,40,41,44,45,46,48,49);/q;+1/p-1/t20-,27-;/m1./s1. The number of carboxylic acids is 1. The molecule has 0 radical (unpaired) electrons. The molecule has 0 bridgehead atoms. The van der Waals surface area contributed by atoms with Crippen LogP contribution >= 0.6 is 34.7 Å². The summed E-state index contributed by atoms with van der Waals surface area (Å²) in [4.78, 5) is 54.2. The number of β-lactam (4-membered cyclic amide) rings is 1. The number of phenolic OH excluding ortho intramolecular Hbond substituents is 2. The Hall–Kier alpha value is -4.32. The number of hydrogen-bond acceptors (Lipinski definition) is 18. The number of carbonyl (C=O) groups is 3. The van der Waals surface area contributed by atoms with Crippen LogP contribution in [0, 0.1) is 0 Å². The van der Waals surface area contributed by atoms with E-state index in [1.54, 1.807) is 0 Å². The van der Waals surface area contributed by atoms with Crippen LogP contribution in [0.3, 0.4) is 0 Å². The number of thiazole rings is 1. The molecule has 5 N–H and O–H groups in total. The van der Waals surface area contributed by atoms with E-state index in [0.29, 0.717) is 40.5 Å². The summed E-state index contributed by atoms with van der Waals surface area (Å²) in [6.45, 7) is 4.78. The zero-order valence-corrected chi connectivity index (χ0v) is 33.3. The van der Waals surface area contributed by atoms with E-state index < -0.39 is 40.5 Å². The summed E-state index contributed by atoms with van der Waals surface area (Å²) in [5.41, 5.74) is 5.13. The average molecular weight is 809 g/mol. The monoisotopic (exact) mass is 808 g/mol. The fourth-order valence-electron chi connectivity index (χ4n) is 6.29. The van der Waals surface area contributed by atoms with Crippen LogP contribution in [0.25, 0.3) is 17.1 Å². The van der Waals surface area contributed by atoms with Crippen molar-refractivity contribution in [3.63, 3.8) is 0 Å². The van der Waals surface area contributed by atoms with Crippen molar-refractivity contribution in [2.24, 2.45) is 5.16 Å². The number of nitrogens with two attached hydrogens (primary N) is 1. The summed E-state index contributed by atoms with van der Waals surface area (Å²) in [7, 11) is 0. The Morgan fingerprint density at radius 2 is 2.02 bits per heavy atom. The molecule has 2 saturated heterocycles. The maximum absolute atomic E-state index is 13.9. The third-order valence-electron chi connectivity index (χ3n) is 9.02. The molecule has 6 heterocycles. The van der Waals surface area contributed by atoms with Crippen LogP contribution in [-0.4, -0.2) is 116 Å². The minimum absolute atomic E-state index is 0. The van der Waals surface area contributed by atoms with Crippen LogP contribution in [0.5, 0.6) is 11.5 Å². The number of aromatic nitrogens is 7. The number of quaternary nitrogens is 1. The maximum atomic E-state index is 13.9. The van der Waals surface area contributed by atoms with Gasteiger partial charge in [0.15, 0.2) is 34.5 Å². The van der Waals surface area contributed by atoms with Gasteiger partial charge in [0.1, 0.15) is 23.7 Å². The van der Waals surface area contributed by atoms with Crippen LogP contribution in [-0.2, 0) is 25.8 Å². The maximum Gasteiger partial charge on any atom is 1.00 e. The van der Waals surface area contributed by atoms with Crippen LogP contribution in [0.4, 0.5) is 5.13 Å². The number of rotatable bonds is 12. The number of likely N-dealkylation sites (tertiary alicyclic amines) is 1. The largest absolute Gasteiger partial charge is 1.00 e. The fraction of sp³-hybridized carbons (Fsp3) is 0.400. The normalized spacial score (nSPS) is 19.6. The quantitative estimate of drug-likeness (QED) is 0.0275. The van der Waals surface area contributed by atoms with Crippen LogP contribution in [0.1, 0.15) is 44.1 Å². The van der Waals surface area contributed by atoms with Crippen molar-refractivity contribution in [2.45, 2.75) is 50.3 Å². The second-order valence-electron chi connectivity index (χ2n) is 13.0. The van der Waals surface area contributed by atoms with Crippen molar-refractivity contribution in [3.05, 3.63) is 45.5 Å². The predicted molar refractivity (Wildman–Crippen MR) is 184 cm³/mol. The summed E-state index contributed by atoms with van der Waals surface area (Å²) in [6.07, 6.45) is 1.87. The van der Waals surface area contributed by atoms with Crippen molar-refractivity contribution < 1.29 is 73.1 Å². The number of thioether (sulfide) groups is 1. The van der Waals surface area contributed by atoms with E-state index >= 15 is 0 Å². The van der Waals surface area contributed by atoms with Gasteiger partial charge in [-0.15, -0.1) is 23.1 Å². The van der Waals surface area contributed by atoms with Crippen molar-refractivity contribution in [1.29, 1.82) is 0 Å². The first-order valence-electron chi connectivity index (χ1n) is 16.0. The number of halogens is 1. The molecule has 2 amide bonds. The Morgan fingerprint density at radius 3 is 2.69 bits per heavy atom. The van der Waals surface area contributed by atoms with E-state index in [0.717, 1.165) is 42.8 Å². The van der Waals surface area contributed by atoms with Crippen LogP contribution in [0.2, 0.25) is 5.02 Å². The topological polar surface area (TPSA) is 282 Å². The van der Waals surface area contributed by atoms with E-state index in [2.05, 4.69) is 46.2 Å². The molecule has 4 aromatic rings. The number of hydrogen-bond donors (Lipinski definition) is 4. The number of anilines is 1. The Labute approximate surface area is 341 Å². The van der Waals surface area contributed by atoms with Gasteiger partial charge in [-0.05, 0) is 26.0 Å². The first-order valence-corrected chi connectivity index (χ1v) is 18.3. The first kappa shape index (κ1) is 39.4. The molecule has 1 aromatic carbocycles. The summed E-state index contributed by atoms with van der Waals surface area (Å²) in [5, 5.41) is 58.3. The van der Waals surface area contributed by atoms with Crippen molar-refractivity contribution in [1.82, 2.24) is 46.0 Å². The van der Waals surface area contributed by atoms with E-state index in [-0.39, 0.29) is 68.5 Å². The second-order valence-corrected chi connectivity index (χ2v) is 15.4. The number of phenols is 2. The molecular formula is C30H30ClN12NaO8S2. The van der Waals surface area contributed by atoms with Gasteiger partial charge in [0.05, 0.1) is 35.6 Å². The number of aromatic hydroxyl groups is 2. The summed E-state index contributed by atoms with van der Waals surface area (Å²) in [5.74, 6) is -2.64. The SMILES string of the molecule is CC(C)(O/N=C(\C(=O)N[C@@H]1C(=O)N2C(c3nnn[n-]3)=C(C[N+]3(Cc4nc(-c5ccc(O)c(O)c5Cl)no4)CCCC3)CS[C@H]12)c1csc(N)n1)C(=O)[O-].[Na+]. The van der Waals surface area contributed by atoms with Crippen molar-refractivity contribution in [2.75, 3.05) is 31.1 Å². The minimum atomic E-state index is -1.88. The number of fused-ring (bicyclic) bond motifs is 1. The smallest absolute Gasteiger partial charge is 0.546 e. The molecule has 0 saturated carbocycles. The van der Waals surface area contributed by atoms with E-state index in [1.165, 1.54) is 48.0 Å². The number of benzene rings is 1. The number of aliphatic carboxylic acids is 1. The van der Waals surface area contributed by atoms with E-state index in [4.69, 9.17) is 26.7 Å². The number of nitrogen functional groups attached to an aromatic ring is 1. The molecule has 3 aliphatic heterocycles. The molecule has 0 spiro atoms. The van der Waals surface area contributed by atoms with Gasteiger partial charge in [-0.2, -0.15) is 10.2 Å². The summed E-state index contributed by atoms with van der Waals surface area (Å²) >= 11 is 8.70. The number of amides is 2. The number of oxime groups is 1. The van der Waals surface area contributed by atoms with Gasteiger partial charge in [-0.1, -0.05) is 21.9 Å². The van der Waals surface area contributed by atoms with E-state index in [9.17, 15) is 29.7 Å². The molecule has 20 nitrogen and oxygen atoms in total. The van der Waals surface area contributed by atoms with Gasteiger partial charge in [-0.25, -0.2) is 4.98 Å². The number of nitrogens with zero attached hydrogens (tertiary/aromatic N) is 10. The van der Waals surface area contributed by atoms with Crippen molar-refractivity contribution >= 4 is 69.0 Å². The Balaban J connectivity index is 0.00000497. The minimum Gasteiger partial charge on any atom is -0.546 e. The third kappa shape index (κ3) is 7.50. The molecule has 3 aromatic heterocycles. The van der Waals surface area contributed by atoms with Gasteiger partial charge in [0.25, 0.3) is 17.7 Å². The fourth-order valence-corrected chi connectivity index (χ4v) is 8.42. The second kappa shape index (κ2) is 15.4.